The molecule has 3 heteroatoms. The van der Waals surface area contributed by atoms with Gasteiger partial charge in [-0.05, 0) is 30.2 Å². The van der Waals surface area contributed by atoms with Gasteiger partial charge in [-0.15, -0.1) is 0 Å². The van der Waals surface area contributed by atoms with Crippen LogP contribution in [0.15, 0.2) is 30.3 Å². The van der Waals surface area contributed by atoms with E-state index >= 15 is 0 Å². The van der Waals surface area contributed by atoms with E-state index in [2.05, 4.69) is 24.5 Å². The lowest BCUT2D eigenvalue weighted by atomic mass is 9.78. The third kappa shape index (κ3) is 5.16. The summed E-state index contributed by atoms with van der Waals surface area (Å²) in [7, 11) is 0. The van der Waals surface area contributed by atoms with Gasteiger partial charge in [-0.25, -0.2) is 0 Å². The van der Waals surface area contributed by atoms with Gasteiger partial charge in [-0.2, -0.15) is 0 Å². The molecule has 2 rings (SSSR count). The van der Waals surface area contributed by atoms with Gasteiger partial charge in [0, 0.05) is 12.6 Å². The molecule has 1 saturated carbocycles. The Kier molecular flexibility index (Phi) is 6.24. The number of benzene rings is 1. The second-order valence-corrected chi connectivity index (χ2v) is 6.44. The maximum atomic E-state index is 12.0. The number of hydrogen-bond donors (Lipinski definition) is 2. The first-order valence-corrected chi connectivity index (χ1v) is 8.21. The van der Waals surface area contributed by atoms with Crippen molar-refractivity contribution in [2.24, 2.45) is 11.8 Å². The van der Waals surface area contributed by atoms with Crippen molar-refractivity contribution >= 4 is 5.91 Å². The number of nitrogens with one attached hydrogen (secondary N) is 2. The fourth-order valence-corrected chi connectivity index (χ4v) is 3.29. The first kappa shape index (κ1) is 16.0. The molecule has 0 bridgehead atoms. The fraction of sp³-hybridized carbons (Fsp3) is 0.611. The van der Waals surface area contributed by atoms with Gasteiger partial charge in [-0.1, -0.05) is 57.0 Å². The van der Waals surface area contributed by atoms with E-state index in [0.29, 0.717) is 31.0 Å². The Balaban J connectivity index is 1.72. The Morgan fingerprint density at radius 2 is 1.90 bits per heavy atom. The Labute approximate surface area is 128 Å². The molecule has 1 aliphatic rings. The zero-order chi connectivity index (χ0) is 15.1. The molecule has 0 aliphatic heterocycles. The Bertz CT molecular complexity index is 430. The van der Waals surface area contributed by atoms with Crippen LogP contribution in [0.2, 0.25) is 0 Å². The van der Waals surface area contributed by atoms with E-state index in [1.54, 1.807) is 0 Å². The van der Waals surface area contributed by atoms with Crippen molar-refractivity contribution in [2.45, 2.75) is 52.1 Å². The molecule has 3 nitrogen and oxygen atoms in total. The van der Waals surface area contributed by atoms with Gasteiger partial charge < -0.3 is 10.6 Å². The van der Waals surface area contributed by atoms with Gasteiger partial charge in [-0.3, -0.25) is 4.79 Å². The highest BCUT2D eigenvalue weighted by atomic mass is 16.1. The SMILES string of the molecule is CC(C)[C@H]1CCCC[C@@H]1NCC(=O)NCc1ccccc1. The van der Waals surface area contributed by atoms with E-state index in [9.17, 15) is 4.79 Å². The van der Waals surface area contributed by atoms with E-state index in [1.807, 2.05) is 30.3 Å². The van der Waals surface area contributed by atoms with Gasteiger partial charge in [0.1, 0.15) is 0 Å². The van der Waals surface area contributed by atoms with Crippen LogP contribution in [0.3, 0.4) is 0 Å². The summed E-state index contributed by atoms with van der Waals surface area (Å²) in [6.45, 7) is 5.63. The molecule has 1 amide bonds. The van der Waals surface area contributed by atoms with E-state index in [1.165, 1.54) is 25.7 Å². The number of amides is 1. The molecular formula is C18H28N2O. The Morgan fingerprint density at radius 1 is 1.19 bits per heavy atom. The molecule has 0 aromatic heterocycles. The van der Waals surface area contributed by atoms with Crippen molar-refractivity contribution in [3.63, 3.8) is 0 Å². The van der Waals surface area contributed by atoms with Crippen LogP contribution in [0.5, 0.6) is 0 Å². The van der Waals surface area contributed by atoms with Crippen molar-refractivity contribution in [1.29, 1.82) is 0 Å². The normalized spacial score (nSPS) is 22.2. The number of carbonyl (C=O) groups is 1. The monoisotopic (exact) mass is 288 g/mol. The first-order chi connectivity index (χ1) is 10.2. The highest BCUT2D eigenvalue weighted by Crippen LogP contribution is 2.29. The third-order valence-electron chi connectivity index (χ3n) is 4.53. The summed E-state index contributed by atoms with van der Waals surface area (Å²) in [5, 5.41) is 6.46. The van der Waals surface area contributed by atoms with E-state index < -0.39 is 0 Å². The summed E-state index contributed by atoms with van der Waals surface area (Å²) in [6, 6.07) is 10.5. The highest BCUT2D eigenvalue weighted by molar-refractivity contribution is 5.78. The molecule has 1 fully saturated rings. The Hall–Kier alpha value is -1.35. The molecule has 0 unspecified atom stereocenters. The maximum Gasteiger partial charge on any atom is 0.234 e. The second kappa shape index (κ2) is 8.18. The summed E-state index contributed by atoms with van der Waals surface area (Å²) in [5.74, 6) is 1.49. The van der Waals surface area contributed by atoms with Crippen LogP contribution in [0, 0.1) is 11.8 Å². The summed E-state index contributed by atoms with van der Waals surface area (Å²) in [6.07, 6.45) is 5.11. The predicted octanol–water partition coefficient (Wildman–Crippen LogP) is 3.11. The smallest absolute Gasteiger partial charge is 0.234 e. The van der Waals surface area contributed by atoms with Crippen LogP contribution in [-0.2, 0) is 11.3 Å². The molecule has 2 atom stereocenters. The predicted molar refractivity (Wildman–Crippen MR) is 86.9 cm³/mol. The number of carbonyl (C=O) groups excluding carboxylic acids is 1. The van der Waals surface area contributed by atoms with Gasteiger partial charge in [0.15, 0.2) is 0 Å². The van der Waals surface area contributed by atoms with Gasteiger partial charge >= 0.3 is 0 Å². The minimum atomic E-state index is 0.0898. The minimum Gasteiger partial charge on any atom is -0.351 e. The van der Waals surface area contributed by atoms with Gasteiger partial charge in [0.05, 0.1) is 6.54 Å². The third-order valence-corrected chi connectivity index (χ3v) is 4.53. The van der Waals surface area contributed by atoms with E-state index in [0.717, 1.165) is 5.56 Å². The van der Waals surface area contributed by atoms with Crippen molar-refractivity contribution < 1.29 is 4.79 Å². The average Bonchev–Trinajstić information content (AvgIpc) is 2.52. The lowest BCUT2D eigenvalue weighted by molar-refractivity contribution is -0.120. The summed E-state index contributed by atoms with van der Waals surface area (Å²) < 4.78 is 0. The summed E-state index contributed by atoms with van der Waals surface area (Å²) in [4.78, 5) is 12.0. The summed E-state index contributed by atoms with van der Waals surface area (Å²) in [5.41, 5.74) is 1.14. The molecular weight excluding hydrogens is 260 g/mol. The molecule has 0 radical (unpaired) electrons. The van der Waals surface area contributed by atoms with Crippen molar-refractivity contribution in [3.8, 4) is 0 Å². The minimum absolute atomic E-state index is 0.0898. The van der Waals surface area contributed by atoms with Crippen molar-refractivity contribution in [3.05, 3.63) is 35.9 Å². The number of hydrogen-bond acceptors (Lipinski definition) is 2. The zero-order valence-electron chi connectivity index (χ0n) is 13.3. The average molecular weight is 288 g/mol. The largest absolute Gasteiger partial charge is 0.351 e. The molecule has 0 heterocycles. The Morgan fingerprint density at radius 3 is 2.62 bits per heavy atom. The maximum absolute atomic E-state index is 12.0. The van der Waals surface area contributed by atoms with Crippen LogP contribution < -0.4 is 10.6 Å². The van der Waals surface area contributed by atoms with Crippen molar-refractivity contribution in [2.75, 3.05) is 6.54 Å². The topological polar surface area (TPSA) is 41.1 Å². The van der Waals surface area contributed by atoms with Crippen LogP contribution in [0.1, 0.15) is 45.1 Å². The van der Waals surface area contributed by atoms with Crippen LogP contribution >= 0.6 is 0 Å². The van der Waals surface area contributed by atoms with Crippen LogP contribution in [0.4, 0.5) is 0 Å². The first-order valence-electron chi connectivity index (χ1n) is 8.21. The van der Waals surface area contributed by atoms with Crippen molar-refractivity contribution in [1.82, 2.24) is 10.6 Å². The lowest BCUT2D eigenvalue weighted by Gasteiger charge is -2.35. The van der Waals surface area contributed by atoms with E-state index in [4.69, 9.17) is 0 Å². The standard InChI is InChI=1S/C18H28N2O/c1-14(2)16-10-6-7-11-17(16)19-13-18(21)20-12-15-8-4-3-5-9-15/h3-5,8-9,14,16-17,19H,6-7,10-13H2,1-2H3,(H,20,21)/t16-,17+/m1/s1. The molecule has 2 N–H and O–H groups in total. The molecule has 0 spiro atoms. The summed E-state index contributed by atoms with van der Waals surface area (Å²) >= 11 is 0. The van der Waals surface area contributed by atoms with Gasteiger partial charge in [0.25, 0.3) is 0 Å². The lowest BCUT2D eigenvalue weighted by Crippen LogP contribution is -2.45. The van der Waals surface area contributed by atoms with Gasteiger partial charge in [0.2, 0.25) is 5.91 Å². The molecule has 116 valence electrons. The fourth-order valence-electron chi connectivity index (χ4n) is 3.29. The molecule has 1 aromatic rings. The van der Waals surface area contributed by atoms with Crippen LogP contribution in [0.25, 0.3) is 0 Å². The second-order valence-electron chi connectivity index (χ2n) is 6.44. The quantitative estimate of drug-likeness (QED) is 0.844. The van der Waals surface area contributed by atoms with Crippen LogP contribution in [-0.4, -0.2) is 18.5 Å². The van der Waals surface area contributed by atoms with E-state index in [-0.39, 0.29) is 5.91 Å². The number of rotatable bonds is 6. The highest BCUT2D eigenvalue weighted by Gasteiger charge is 2.27. The molecule has 0 saturated heterocycles. The molecule has 1 aliphatic carbocycles. The molecule has 1 aromatic carbocycles. The molecule has 21 heavy (non-hydrogen) atoms. The zero-order valence-corrected chi connectivity index (χ0v) is 13.3.